The van der Waals surface area contributed by atoms with E-state index in [-0.39, 0.29) is 12.6 Å². The van der Waals surface area contributed by atoms with Crippen LogP contribution >= 0.6 is 0 Å². The van der Waals surface area contributed by atoms with Gasteiger partial charge in [0.1, 0.15) is 0 Å². The molecule has 0 saturated carbocycles. The maximum atomic E-state index is 11.8. The predicted molar refractivity (Wildman–Crippen MR) is 90.2 cm³/mol. The van der Waals surface area contributed by atoms with Crippen molar-refractivity contribution in [3.8, 4) is 0 Å². The molecule has 0 fully saturated rings. The van der Waals surface area contributed by atoms with Gasteiger partial charge in [-0.1, -0.05) is 36.4 Å². The van der Waals surface area contributed by atoms with Gasteiger partial charge in [-0.2, -0.15) is 0 Å². The molecule has 0 radical (unpaired) electrons. The molecule has 122 valence electrons. The Bertz CT molecular complexity index is 686. The van der Waals surface area contributed by atoms with Gasteiger partial charge in [0, 0.05) is 35.0 Å². The molecule has 0 saturated heterocycles. The minimum atomic E-state index is -0.998. The highest BCUT2D eigenvalue weighted by molar-refractivity contribution is 7.84. The second kappa shape index (κ2) is 8.45. The number of urea groups is 1. The number of amides is 2. The minimum Gasteiger partial charge on any atom is -0.392 e. The number of benzene rings is 2. The highest BCUT2D eigenvalue weighted by Gasteiger charge is 2.04. The summed E-state index contributed by atoms with van der Waals surface area (Å²) < 4.78 is 11.3. The molecule has 23 heavy (non-hydrogen) atoms. The van der Waals surface area contributed by atoms with Crippen LogP contribution in [0.25, 0.3) is 0 Å². The van der Waals surface area contributed by atoms with Crippen molar-refractivity contribution in [2.75, 3.05) is 6.26 Å². The minimum absolute atomic E-state index is 0.0510. The van der Waals surface area contributed by atoms with E-state index in [9.17, 15) is 14.1 Å². The van der Waals surface area contributed by atoms with Crippen LogP contribution in [0.4, 0.5) is 4.79 Å². The first-order valence-corrected chi connectivity index (χ1v) is 8.77. The molecule has 0 spiro atoms. The molecule has 2 aromatic carbocycles. The Kier molecular flexibility index (Phi) is 6.31. The summed E-state index contributed by atoms with van der Waals surface area (Å²) in [4.78, 5) is 12.6. The van der Waals surface area contributed by atoms with Crippen LogP contribution in [0.15, 0.2) is 53.4 Å². The van der Waals surface area contributed by atoms with Crippen LogP contribution in [-0.2, 0) is 30.5 Å². The van der Waals surface area contributed by atoms with Crippen LogP contribution < -0.4 is 10.6 Å². The Labute approximate surface area is 138 Å². The topological polar surface area (TPSA) is 78.4 Å². The lowest BCUT2D eigenvalue weighted by molar-refractivity contribution is 0.239. The van der Waals surface area contributed by atoms with Crippen molar-refractivity contribution in [3.63, 3.8) is 0 Å². The zero-order valence-electron chi connectivity index (χ0n) is 12.9. The molecule has 5 nitrogen and oxygen atoms in total. The van der Waals surface area contributed by atoms with Crippen molar-refractivity contribution >= 4 is 16.8 Å². The fraction of sp³-hybridized carbons (Fsp3) is 0.235. The number of hydrogen-bond acceptors (Lipinski definition) is 3. The molecule has 0 aliphatic heterocycles. The Morgan fingerprint density at radius 1 is 1.00 bits per heavy atom. The van der Waals surface area contributed by atoms with Gasteiger partial charge < -0.3 is 15.7 Å². The summed E-state index contributed by atoms with van der Waals surface area (Å²) in [5, 5.41) is 14.8. The predicted octanol–water partition coefficient (Wildman–Crippen LogP) is 1.92. The smallest absolute Gasteiger partial charge is 0.315 e. The maximum Gasteiger partial charge on any atom is 0.315 e. The molecule has 0 aromatic heterocycles. The van der Waals surface area contributed by atoms with Gasteiger partial charge in [0.2, 0.25) is 0 Å². The van der Waals surface area contributed by atoms with Gasteiger partial charge in [-0.3, -0.25) is 4.21 Å². The normalized spacial score (nSPS) is 11.7. The SMILES string of the molecule is CS(=O)c1ccc(CNC(=O)NCc2ccccc2CO)cc1. The first kappa shape index (κ1) is 17.2. The van der Waals surface area contributed by atoms with Crippen LogP contribution in [-0.4, -0.2) is 21.6 Å². The van der Waals surface area contributed by atoms with Crippen molar-refractivity contribution in [2.24, 2.45) is 0 Å². The highest BCUT2D eigenvalue weighted by Crippen LogP contribution is 2.09. The third kappa shape index (κ3) is 5.19. The van der Waals surface area contributed by atoms with Gasteiger partial charge in [-0.25, -0.2) is 4.79 Å². The van der Waals surface area contributed by atoms with Crippen LogP contribution in [0.2, 0.25) is 0 Å². The van der Waals surface area contributed by atoms with E-state index in [1.54, 1.807) is 18.4 Å². The van der Waals surface area contributed by atoms with Crippen molar-refractivity contribution in [1.82, 2.24) is 10.6 Å². The first-order valence-electron chi connectivity index (χ1n) is 7.22. The molecule has 1 atom stereocenters. The lowest BCUT2D eigenvalue weighted by atomic mass is 10.1. The Morgan fingerprint density at radius 2 is 1.61 bits per heavy atom. The van der Waals surface area contributed by atoms with Crippen LogP contribution in [0.5, 0.6) is 0 Å². The molecule has 6 heteroatoms. The molecule has 0 aliphatic rings. The van der Waals surface area contributed by atoms with Crippen LogP contribution in [0.1, 0.15) is 16.7 Å². The average Bonchev–Trinajstić information content (AvgIpc) is 2.58. The van der Waals surface area contributed by atoms with E-state index in [4.69, 9.17) is 0 Å². The number of hydrogen-bond donors (Lipinski definition) is 3. The number of rotatable bonds is 6. The van der Waals surface area contributed by atoms with E-state index in [0.717, 1.165) is 21.6 Å². The van der Waals surface area contributed by atoms with Gasteiger partial charge in [0.25, 0.3) is 0 Å². The lowest BCUT2D eigenvalue weighted by Crippen LogP contribution is -2.34. The van der Waals surface area contributed by atoms with Crippen LogP contribution in [0.3, 0.4) is 0 Å². The molecule has 2 aromatic rings. The third-order valence-corrected chi connectivity index (χ3v) is 4.37. The van der Waals surface area contributed by atoms with Crippen molar-refractivity contribution in [2.45, 2.75) is 24.6 Å². The standard InChI is InChI=1S/C17H20N2O3S/c1-23(22)16-8-6-13(7-9-16)10-18-17(21)19-11-14-4-2-3-5-15(14)12-20/h2-9,20H,10-12H2,1H3,(H2,18,19,21). The molecule has 2 rings (SSSR count). The van der Waals surface area contributed by atoms with Crippen LogP contribution in [0, 0.1) is 0 Å². The number of aliphatic hydroxyl groups is 1. The zero-order chi connectivity index (χ0) is 16.7. The van der Waals surface area contributed by atoms with Gasteiger partial charge in [-0.05, 0) is 28.8 Å². The van der Waals surface area contributed by atoms with E-state index >= 15 is 0 Å². The number of carbonyl (C=O) groups excluding carboxylic acids is 1. The Morgan fingerprint density at radius 3 is 2.22 bits per heavy atom. The highest BCUT2D eigenvalue weighted by atomic mass is 32.2. The fourth-order valence-corrected chi connectivity index (χ4v) is 2.62. The van der Waals surface area contributed by atoms with E-state index < -0.39 is 10.8 Å². The fourth-order valence-electron chi connectivity index (χ4n) is 2.10. The van der Waals surface area contributed by atoms with Gasteiger partial charge in [0.15, 0.2) is 0 Å². The quantitative estimate of drug-likeness (QED) is 0.756. The summed E-state index contributed by atoms with van der Waals surface area (Å²) in [6, 6.07) is 14.4. The zero-order valence-corrected chi connectivity index (χ0v) is 13.7. The first-order chi connectivity index (χ1) is 11.1. The summed E-state index contributed by atoms with van der Waals surface area (Å²) in [5.74, 6) is 0. The largest absolute Gasteiger partial charge is 0.392 e. The third-order valence-electron chi connectivity index (χ3n) is 3.44. The monoisotopic (exact) mass is 332 g/mol. The molecule has 0 bridgehead atoms. The molecule has 2 amide bonds. The van der Waals surface area contributed by atoms with E-state index in [1.165, 1.54) is 0 Å². The van der Waals surface area contributed by atoms with E-state index in [0.29, 0.717) is 13.1 Å². The van der Waals surface area contributed by atoms with Crippen molar-refractivity contribution < 1.29 is 14.1 Å². The van der Waals surface area contributed by atoms with Gasteiger partial charge in [-0.15, -0.1) is 0 Å². The number of nitrogens with one attached hydrogen (secondary N) is 2. The number of carbonyl (C=O) groups is 1. The van der Waals surface area contributed by atoms with Crippen molar-refractivity contribution in [1.29, 1.82) is 0 Å². The second-order valence-electron chi connectivity index (χ2n) is 5.06. The van der Waals surface area contributed by atoms with E-state index in [2.05, 4.69) is 10.6 Å². The maximum absolute atomic E-state index is 11.8. The lowest BCUT2D eigenvalue weighted by Gasteiger charge is -2.10. The molecule has 1 unspecified atom stereocenters. The molecule has 0 aliphatic carbocycles. The average molecular weight is 332 g/mol. The summed E-state index contributed by atoms with van der Waals surface area (Å²) in [6.45, 7) is 0.699. The van der Waals surface area contributed by atoms with Crippen molar-refractivity contribution in [3.05, 3.63) is 65.2 Å². The molecule has 0 heterocycles. The Balaban J connectivity index is 1.82. The Hall–Kier alpha value is -2.18. The van der Waals surface area contributed by atoms with Gasteiger partial charge >= 0.3 is 6.03 Å². The summed E-state index contributed by atoms with van der Waals surface area (Å²) in [6.07, 6.45) is 1.63. The summed E-state index contributed by atoms with van der Waals surface area (Å²) in [5.41, 5.74) is 2.63. The summed E-state index contributed by atoms with van der Waals surface area (Å²) >= 11 is 0. The number of aliphatic hydroxyl groups excluding tert-OH is 1. The second-order valence-corrected chi connectivity index (χ2v) is 6.44. The molecular formula is C17H20N2O3S. The molecule has 3 N–H and O–H groups in total. The van der Waals surface area contributed by atoms with Gasteiger partial charge in [0.05, 0.1) is 6.61 Å². The summed E-state index contributed by atoms with van der Waals surface area (Å²) in [7, 11) is -0.998. The van der Waals surface area contributed by atoms with E-state index in [1.807, 2.05) is 36.4 Å². The molecular weight excluding hydrogens is 312 g/mol.